The average molecular weight is 681 g/mol. The van der Waals surface area contributed by atoms with Crippen molar-refractivity contribution in [3.63, 3.8) is 0 Å². The van der Waals surface area contributed by atoms with Gasteiger partial charge in [-0.15, -0.1) is 0 Å². The summed E-state index contributed by atoms with van der Waals surface area (Å²) < 4.78 is 7.08. The first kappa shape index (κ1) is 36.1. The quantitative estimate of drug-likeness (QED) is 0.192. The van der Waals surface area contributed by atoms with E-state index in [1.807, 2.05) is 77.7 Å². The Morgan fingerprint density at radius 3 is 2.24 bits per heavy atom. The van der Waals surface area contributed by atoms with Crippen LogP contribution in [-0.4, -0.2) is 68.5 Å². The topological polar surface area (TPSA) is 135 Å². The zero-order valence-corrected chi connectivity index (χ0v) is 29.7. The highest BCUT2D eigenvalue weighted by Crippen LogP contribution is 2.26. The smallest absolute Gasteiger partial charge is 0.408 e. The molecule has 1 aliphatic heterocycles. The summed E-state index contributed by atoms with van der Waals surface area (Å²) in [5.41, 5.74) is -0.512. The molecule has 2 heterocycles. The molecule has 1 fully saturated rings. The predicted molar refractivity (Wildman–Crippen MR) is 193 cm³/mol. The number of likely N-dealkylation sites (tertiary alicyclic amines) is 1. The molecule has 1 aromatic heterocycles. The summed E-state index contributed by atoms with van der Waals surface area (Å²) in [6.45, 7) is 11.9. The van der Waals surface area contributed by atoms with Crippen molar-refractivity contribution in [1.82, 2.24) is 25.1 Å². The fourth-order valence-electron chi connectivity index (χ4n) is 6.00. The second-order valence-electron chi connectivity index (χ2n) is 14.7. The van der Waals surface area contributed by atoms with Gasteiger partial charge >= 0.3 is 6.09 Å². The van der Waals surface area contributed by atoms with Crippen LogP contribution in [0.5, 0.6) is 0 Å². The predicted octanol–water partition coefficient (Wildman–Crippen LogP) is 5.85. The largest absolute Gasteiger partial charge is 0.444 e. The van der Waals surface area contributed by atoms with Crippen molar-refractivity contribution in [3.05, 3.63) is 96.4 Å². The molecule has 3 aromatic carbocycles. The lowest BCUT2D eigenvalue weighted by molar-refractivity contribution is -0.135. The summed E-state index contributed by atoms with van der Waals surface area (Å²) in [6.07, 6.45) is 4.51. The molecule has 2 atom stereocenters. The number of nitrogens with zero attached hydrogens (tertiary/aromatic N) is 3. The number of hydrogen-bond acceptors (Lipinski definition) is 6. The van der Waals surface area contributed by atoms with Crippen molar-refractivity contribution < 1.29 is 23.9 Å². The first-order valence-corrected chi connectivity index (χ1v) is 17.2. The van der Waals surface area contributed by atoms with E-state index in [1.54, 1.807) is 51.7 Å². The zero-order valence-electron chi connectivity index (χ0n) is 29.7. The highest BCUT2D eigenvalue weighted by Gasteiger charge is 2.35. The van der Waals surface area contributed by atoms with Crippen LogP contribution in [0, 0.1) is 5.92 Å². The normalized spacial score (nSPS) is 15.2. The fourth-order valence-corrected chi connectivity index (χ4v) is 6.00. The molecule has 11 heteroatoms. The molecule has 1 saturated heterocycles. The number of rotatable bonds is 10. The van der Waals surface area contributed by atoms with Crippen molar-refractivity contribution in [3.8, 4) is 0 Å². The fraction of sp³-hybridized carbons (Fsp3) is 0.410. The molecule has 1 aliphatic rings. The van der Waals surface area contributed by atoms with Gasteiger partial charge in [0.1, 0.15) is 23.2 Å². The first-order chi connectivity index (χ1) is 23.7. The lowest BCUT2D eigenvalue weighted by Crippen LogP contribution is -2.59. The van der Waals surface area contributed by atoms with E-state index in [0.717, 1.165) is 34.7 Å². The summed E-state index contributed by atoms with van der Waals surface area (Å²) in [5.74, 6) is -0.289. The minimum Gasteiger partial charge on any atom is -0.444 e. The minimum atomic E-state index is -1.40. The number of nitrogens with one attached hydrogen (secondary N) is 3. The van der Waals surface area contributed by atoms with Gasteiger partial charge in [-0.1, -0.05) is 79.7 Å². The molecule has 4 amide bonds. The van der Waals surface area contributed by atoms with Crippen LogP contribution in [0.3, 0.4) is 0 Å². The van der Waals surface area contributed by atoms with E-state index in [9.17, 15) is 19.2 Å². The molecule has 4 aromatic rings. The van der Waals surface area contributed by atoms with Gasteiger partial charge in [-0.05, 0) is 75.3 Å². The third kappa shape index (κ3) is 9.28. The number of imidazole rings is 1. The minimum absolute atomic E-state index is 0.0282. The van der Waals surface area contributed by atoms with Crippen LogP contribution in [-0.2, 0) is 25.5 Å². The van der Waals surface area contributed by atoms with E-state index in [0.29, 0.717) is 19.0 Å². The molecule has 0 bridgehead atoms. The molecule has 11 nitrogen and oxygen atoms in total. The third-order valence-electron chi connectivity index (χ3n) is 8.85. The number of hydrogen-bond donors (Lipinski definition) is 3. The second kappa shape index (κ2) is 15.1. The third-order valence-corrected chi connectivity index (χ3v) is 8.85. The molecule has 3 N–H and O–H groups in total. The number of carbonyl (C=O) groups is 4. The monoisotopic (exact) mass is 680 g/mol. The van der Waals surface area contributed by atoms with Crippen LogP contribution in [0.15, 0.2) is 85.3 Å². The molecule has 0 radical (unpaired) electrons. The van der Waals surface area contributed by atoms with Gasteiger partial charge < -0.3 is 30.2 Å². The van der Waals surface area contributed by atoms with Gasteiger partial charge in [-0.3, -0.25) is 14.4 Å². The van der Waals surface area contributed by atoms with Crippen LogP contribution in [0.1, 0.15) is 71.6 Å². The highest BCUT2D eigenvalue weighted by molar-refractivity contribution is 5.99. The molecule has 264 valence electrons. The Kier molecular flexibility index (Phi) is 10.9. The lowest BCUT2D eigenvalue weighted by atomic mass is 9.97. The maximum absolute atomic E-state index is 14.0. The summed E-state index contributed by atoms with van der Waals surface area (Å²) >= 11 is 0. The molecular formula is C39H48N6O5. The number of anilines is 1. The number of benzene rings is 3. The number of alkyl carbamates (subject to hydrolysis) is 1. The van der Waals surface area contributed by atoms with E-state index in [2.05, 4.69) is 27.9 Å². The molecule has 2 unspecified atom stereocenters. The molecule has 0 saturated carbocycles. The van der Waals surface area contributed by atoms with E-state index in [4.69, 9.17) is 4.74 Å². The Morgan fingerprint density at radius 1 is 0.900 bits per heavy atom. The van der Waals surface area contributed by atoms with E-state index in [-0.39, 0.29) is 18.1 Å². The SMILES string of the molecule is CC1CCN(C(=O)C(c2ccccc2)n2cnc(NC(=O)C(Cc3ccc4ccccc4c3)NC(=O)C(C)(C)NC(=O)OC(C)(C)C)c2)CC1. The van der Waals surface area contributed by atoms with Gasteiger partial charge in [-0.25, -0.2) is 9.78 Å². The molecule has 0 aliphatic carbocycles. The van der Waals surface area contributed by atoms with Crippen LogP contribution < -0.4 is 16.0 Å². The van der Waals surface area contributed by atoms with E-state index in [1.165, 1.54) is 0 Å². The van der Waals surface area contributed by atoms with E-state index >= 15 is 0 Å². The van der Waals surface area contributed by atoms with Gasteiger partial charge in [0.05, 0.1) is 6.33 Å². The molecule has 50 heavy (non-hydrogen) atoms. The number of piperidine rings is 1. The van der Waals surface area contributed by atoms with Crippen LogP contribution in [0.4, 0.5) is 10.6 Å². The molecule has 0 spiro atoms. The summed E-state index contributed by atoms with van der Waals surface area (Å²) in [4.78, 5) is 60.4. The Labute approximate surface area is 293 Å². The van der Waals surface area contributed by atoms with E-state index < -0.39 is 41.1 Å². The first-order valence-electron chi connectivity index (χ1n) is 17.2. The van der Waals surface area contributed by atoms with Crippen molar-refractivity contribution in [2.75, 3.05) is 18.4 Å². The summed E-state index contributed by atoms with van der Waals surface area (Å²) in [6, 6.07) is 21.6. The summed E-state index contributed by atoms with van der Waals surface area (Å²) in [7, 11) is 0. The number of aromatic nitrogens is 2. The number of ether oxygens (including phenoxy) is 1. The summed E-state index contributed by atoms with van der Waals surface area (Å²) in [5, 5.41) is 10.4. The van der Waals surface area contributed by atoms with Crippen LogP contribution >= 0.6 is 0 Å². The maximum Gasteiger partial charge on any atom is 0.408 e. The maximum atomic E-state index is 14.0. The van der Waals surface area contributed by atoms with Crippen LogP contribution in [0.2, 0.25) is 0 Å². The number of carbonyl (C=O) groups excluding carboxylic acids is 4. The molecule has 5 rings (SSSR count). The highest BCUT2D eigenvalue weighted by atomic mass is 16.6. The van der Waals surface area contributed by atoms with Crippen molar-refractivity contribution in [2.24, 2.45) is 5.92 Å². The van der Waals surface area contributed by atoms with Crippen molar-refractivity contribution in [2.45, 2.75) is 84.0 Å². The van der Waals surface area contributed by atoms with Gasteiger partial charge in [0.2, 0.25) is 17.7 Å². The van der Waals surface area contributed by atoms with Crippen molar-refractivity contribution in [1.29, 1.82) is 0 Å². The van der Waals surface area contributed by atoms with Crippen LogP contribution in [0.25, 0.3) is 10.8 Å². The zero-order chi connectivity index (χ0) is 36.1. The Bertz CT molecular complexity index is 1820. The molecular weight excluding hydrogens is 632 g/mol. The Balaban J connectivity index is 1.38. The average Bonchev–Trinajstić information content (AvgIpc) is 3.51. The standard InChI is InChI=1S/C39H48N6O5/c1-26-18-20-44(21-19-26)35(47)33(29-13-8-7-9-14-29)45-24-32(40-25-45)42-34(46)31(23-27-16-17-28-12-10-11-15-30(28)22-27)41-36(48)39(5,6)43-37(49)50-38(2,3)4/h7-17,22,24-26,31,33H,18-21,23H2,1-6H3,(H,41,48)(H,42,46)(H,43,49). The Morgan fingerprint density at radius 2 is 1.56 bits per heavy atom. The Hall–Kier alpha value is -5.19. The second-order valence-corrected chi connectivity index (χ2v) is 14.7. The lowest BCUT2D eigenvalue weighted by Gasteiger charge is -2.33. The number of amides is 4. The van der Waals surface area contributed by atoms with Gasteiger partial charge in [0.15, 0.2) is 5.82 Å². The number of fused-ring (bicyclic) bond motifs is 1. The van der Waals surface area contributed by atoms with Gasteiger partial charge in [0, 0.05) is 25.7 Å². The van der Waals surface area contributed by atoms with Gasteiger partial charge in [0.25, 0.3) is 0 Å². The van der Waals surface area contributed by atoms with Crippen molar-refractivity contribution >= 4 is 40.4 Å². The van der Waals surface area contributed by atoms with Gasteiger partial charge in [-0.2, -0.15) is 0 Å².